The molecule has 0 spiro atoms. The summed E-state index contributed by atoms with van der Waals surface area (Å²) in [5, 5.41) is 13.5. The Morgan fingerprint density at radius 1 is 1.27 bits per heavy atom. The van der Waals surface area contributed by atoms with Gasteiger partial charge < -0.3 is 20.7 Å². The Bertz CT molecular complexity index is 1480. The zero-order chi connectivity index (χ0) is 28.9. The van der Waals surface area contributed by atoms with Crippen LogP contribution in [0.5, 0.6) is 0 Å². The maximum Gasteiger partial charge on any atom is 0.407 e. The fourth-order valence-electron chi connectivity index (χ4n) is 5.49. The van der Waals surface area contributed by atoms with E-state index in [2.05, 4.69) is 16.4 Å². The van der Waals surface area contributed by atoms with Gasteiger partial charge in [-0.25, -0.2) is 9.78 Å². The summed E-state index contributed by atoms with van der Waals surface area (Å²) < 4.78 is 5.08. The number of nitrogens with one attached hydrogen (secondary N) is 1. The Morgan fingerprint density at radius 3 is 2.85 bits per heavy atom. The number of hydrogen-bond acceptors (Lipinski definition) is 7. The molecule has 0 radical (unpaired) electrons. The second-order valence-electron chi connectivity index (χ2n) is 10.9. The van der Waals surface area contributed by atoms with Gasteiger partial charge in [-0.15, -0.1) is 0 Å². The van der Waals surface area contributed by atoms with Crippen LogP contribution in [-0.4, -0.2) is 59.2 Å². The number of alkyl carbamates (subject to hydrolysis) is 1. The topological polar surface area (TPSA) is 134 Å². The first kappa shape index (κ1) is 28.8. The van der Waals surface area contributed by atoms with Gasteiger partial charge in [-0.05, 0) is 85.8 Å². The molecule has 3 aromatic rings. The summed E-state index contributed by atoms with van der Waals surface area (Å²) in [4.78, 5) is 36.4. The van der Waals surface area contributed by atoms with E-state index >= 15 is 0 Å². The minimum absolute atomic E-state index is 0.113. The molecule has 0 bridgehead atoms. The SMILES string of the molecule is CCCOC(=O)NCCN(C[C@@H](N)C1CC1)C(=O)c1ccc2c(Cl)c3c(nc2c1)CC(c1ccnc(C#N)c1)CC3. The van der Waals surface area contributed by atoms with Gasteiger partial charge in [0.2, 0.25) is 0 Å². The molecule has 214 valence electrons. The maximum atomic E-state index is 13.7. The first-order valence-electron chi connectivity index (χ1n) is 14.3. The molecule has 0 aliphatic heterocycles. The van der Waals surface area contributed by atoms with Crippen molar-refractivity contribution in [2.45, 2.75) is 57.4 Å². The van der Waals surface area contributed by atoms with Gasteiger partial charge in [0.25, 0.3) is 5.91 Å². The summed E-state index contributed by atoms with van der Waals surface area (Å²) in [6.45, 7) is 3.26. The number of carbonyl (C=O) groups is 2. The number of nitrogens with two attached hydrogens (primary N) is 1. The predicted molar refractivity (Wildman–Crippen MR) is 157 cm³/mol. The van der Waals surface area contributed by atoms with E-state index in [0.717, 1.165) is 54.3 Å². The van der Waals surface area contributed by atoms with E-state index < -0.39 is 6.09 Å². The summed E-state index contributed by atoms with van der Waals surface area (Å²) in [5.41, 5.74) is 11.0. The van der Waals surface area contributed by atoms with Crippen molar-refractivity contribution in [2.75, 3.05) is 26.2 Å². The Kier molecular flexibility index (Phi) is 9.01. The van der Waals surface area contributed by atoms with Crippen LogP contribution < -0.4 is 11.1 Å². The quantitative estimate of drug-likeness (QED) is 0.357. The van der Waals surface area contributed by atoms with Crippen LogP contribution in [0.2, 0.25) is 5.02 Å². The highest BCUT2D eigenvalue weighted by molar-refractivity contribution is 6.36. The van der Waals surface area contributed by atoms with Crippen LogP contribution in [0.1, 0.15) is 71.4 Å². The normalized spacial score (nSPS) is 16.9. The third-order valence-electron chi connectivity index (χ3n) is 7.94. The zero-order valence-corrected chi connectivity index (χ0v) is 24.0. The number of ether oxygens (including phenoxy) is 1. The molecule has 2 atom stereocenters. The highest BCUT2D eigenvalue weighted by Gasteiger charge is 2.31. The Labute approximate surface area is 245 Å². The number of carbonyl (C=O) groups excluding carboxylic acids is 2. The van der Waals surface area contributed by atoms with Crippen LogP contribution in [0.15, 0.2) is 36.5 Å². The summed E-state index contributed by atoms with van der Waals surface area (Å²) in [7, 11) is 0. The van der Waals surface area contributed by atoms with Crippen LogP contribution in [0, 0.1) is 17.2 Å². The molecule has 1 fully saturated rings. The average molecular weight is 575 g/mol. The number of nitriles is 1. The molecule has 2 aliphatic rings. The molecule has 1 saturated carbocycles. The van der Waals surface area contributed by atoms with Crippen molar-refractivity contribution >= 4 is 34.5 Å². The number of aromatic nitrogens is 2. The summed E-state index contributed by atoms with van der Waals surface area (Å²) in [5.74, 6) is 0.467. The number of amides is 2. The average Bonchev–Trinajstić information content (AvgIpc) is 3.85. The fourth-order valence-corrected chi connectivity index (χ4v) is 5.86. The van der Waals surface area contributed by atoms with Gasteiger partial charge in [-0.1, -0.05) is 24.6 Å². The first-order valence-corrected chi connectivity index (χ1v) is 14.7. The molecule has 2 aromatic heterocycles. The van der Waals surface area contributed by atoms with E-state index in [1.165, 1.54) is 0 Å². The lowest BCUT2D eigenvalue weighted by Crippen LogP contribution is -2.45. The van der Waals surface area contributed by atoms with E-state index in [9.17, 15) is 14.9 Å². The second kappa shape index (κ2) is 12.8. The molecule has 2 aliphatic carbocycles. The lowest BCUT2D eigenvalue weighted by Gasteiger charge is -2.27. The van der Waals surface area contributed by atoms with E-state index in [0.29, 0.717) is 53.8 Å². The number of hydrogen-bond donors (Lipinski definition) is 2. The molecule has 41 heavy (non-hydrogen) atoms. The van der Waals surface area contributed by atoms with Crippen LogP contribution in [0.25, 0.3) is 10.9 Å². The Balaban J connectivity index is 1.37. The van der Waals surface area contributed by atoms with Gasteiger partial charge in [0, 0.05) is 48.5 Å². The second-order valence-corrected chi connectivity index (χ2v) is 11.3. The van der Waals surface area contributed by atoms with E-state index in [4.69, 9.17) is 27.1 Å². The van der Waals surface area contributed by atoms with E-state index in [1.807, 2.05) is 25.1 Å². The minimum atomic E-state index is -0.492. The van der Waals surface area contributed by atoms with Gasteiger partial charge in [0.1, 0.15) is 11.8 Å². The largest absolute Gasteiger partial charge is 0.450 e. The van der Waals surface area contributed by atoms with Crippen LogP contribution >= 0.6 is 11.6 Å². The fraction of sp³-hybridized carbons (Fsp3) is 0.452. The summed E-state index contributed by atoms with van der Waals surface area (Å²) >= 11 is 6.88. The van der Waals surface area contributed by atoms with Crippen molar-refractivity contribution in [3.05, 3.63) is 69.6 Å². The van der Waals surface area contributed by atoms with Crippen molar-refractivity contribution in [2.24, 2.45) is 11.7 Å². The molecule has 1 aromatic carbocycles. The van der Waals surface area contributed by atoms with Crippen molar-refractivity contribution < 1.29 is 14.3 Å². The maximum absolute atomic E-state index is 13.7. The molecule has 5 rings (SSSR count). The number of nitrogens with zero attached hydrogens (tertiary/aromatic N) is 4. The summed E-state index contributed by atoms with van der Waals surface area (Å²) in [6, 6.07) is 11.2. The van der Waals surface area contributed by atoms with Crippen molar-refractivity contribution in [3.8, 4) is 6.07 Å². The Morgan fingerprint density at radius 2 is 2.10 bits per heavy atom. The Hall–Kier alpha value is -3.74. The molecule has 2 amide bonds. The predicted octanol–water partition coefficient (Wildman–Crippen LogP) is 4.74. The van der Waals surface area contributed by atoms with Crippen LogP contribution in [0.4, 0.5) is 4.79 Å². The monoisotopic (exact) mass is 574 g/mol. The van der Waals surface area contributed by atoms with Crippen molar-refractivity contribution in [1.82, 2.24) is 20.2 Å². The molecular formula is C31H35ClN6O3. The number of rotatable bonds is 10. The van der Waals surface area contributed by atoms with Gasteiger partial charge >= 0.3 is 6.09 Å². The molecule has 9 nitrogen and oxygen atoms in total. The zero-order valence-electron chi connectivity index (χ0n) is 23.2. The van der Waals surface area contributed by atoms with Gasteiger partial charge in [0.05, 0.1) is 17.1 Å². The van der Waals surface area contributed by atoms with Gasteiger partial charge in [-0.2, -0.15) is 5.26 Å². The smallest absolute Gasteiger partial charge is 0.407 e. The van der Waals surface area contributed by atoms with Crippen LogP contribution in [0.3, 0.4) is 0 Å². The number of halogens is 1. The van der Waals surface area contributed by atoms with E-state index in [-0.39, 0.29) is 24.4 Å². The number of pyridine rings is 2. The lowest BCUT2D eigenvalue weighted by atomic mass is 9.82. The molecule has 2 heterocycles. The highest BCUT2D eigenvalue weighted by Crippen LogP contribution is 2.38. The minimum Gasteiger partial charge on any atom is -0.450 e. The third kappa shape index (κ3) is 6.77. The first-order chi connectivity index (χ1) is 19.9. The van der Waals surface area contributed by atoms with Gasteiger partial charge in [0.15, 0.2) is 0 Å². The third-order valence-corrected chi connectivity index (χ3v) is 8.37. The molecule has 3 N–H and O–H groups in total. The lowest BCUT2D eigenvalue weighted by molar-refractivity contribution is 0.0740. The summed E-state index contributed by atoms with van der Waals surface area (Å²) in [6.07, 6.45) is 6.46. The molecular weight excluding hydrogens is 540 g/mol. The highest BCUT2D eigenvalue weighted by atomic mass is 35.5. The molecule has 0 saturated heterocycles. The number of benzene rings is 1. The molecule has 10 heteroatoms. The van der Waals surface area contributed by atoms with Crippen molar-refractivity contribution in [3.63, 3.8) is 0 Å². The van der Waals surface area contributed by atoms with Crippen LogP contribution in [-0.2, 0) is 17.6 Å². The van der Waals surface area contributed by atoms with Gasteiger partial charge in [-0.3, -0.25) is 9.78 Å². The standard InChI is InChI=1S/C31H35ClN6O3/c1-2-13-41-31(40)36-11-12-38(18-26(34)19-3-4-19)30(39)22-6-8-25-28(16-22)37-27-15-20(5-7-24(27)29(25)32)21-9-10-35-23(14-21)17-33/h6,8-10,14,16,19-20,26H,2-5,7,11-13,15,18,34H2,1H3,(H,36,40)/t20?,26-/m1/s1. The van der Waals surface area contributed by atoms with E-state index in [1.54, 1.807) is 23.2 Å². The molecule has 1 unspecified atom stereocenters. The van der Waals surface area contributed by atoms with Crippen molar-refractivity contribution in [1.29, 1.82) is 5.26 Å². The number of fused-ring (bicyclic) bond motifs is 2.